The molecule has 1 N–H and O–H groups in total. The van der Waals surface area contributed by atoms with Crippen molar-refractivity contribution in [1.29, 1.82) is 0 Å². The first kappa shape index (κ1) is 17.0. The Morgan fingerprint density at radius 2 is 2.15 bits per heavy atom. The van der Waals surface area contributed by atoms with Crippen LogP contribution < -0.4 is 5.43 Å². The Bertz CT molecular complexity index is 950. The van der Waals surface area contributed by atoms with Crippen LogP contribution in [0.15, 0.2) is 45.8 Å². The zero-order valence-electron chi connectivity index (χ0n) is 14.3. The van der Waals surface area contributed by atoms with Crippen molar-refractivity contribution in [3.8, 4) is 0 Å². The molecule has 1 fully saturated rings. The molecule has 1 aromatic carbocycles. The van der Waals surface area contributed by atoms with Crippen LogP contribution in [0.1, 0.15) is 22.5 Å². The molecule has 2 aliphatic rings. The predicted octanol–water partition coefficient (Wildman–Crippen LogP) is 3.56. The topological polar surface area (TPSA) is 83.9 Å². The average molecular weight is 417 g/mol. The average Bonchev–Trinajstić information content (AvgIpc) is 3.22. The fourth-order valence-electron chi connectivity index (χ4n) is 3.30. The van der Waals surface area contributed by atoms with Crippen LogP contribution in [0.4, 0.5) is 5.88 Å². The van der Waals surface area contributed by atoms with Crippen LogP contribution >= 0.6 is 15.9 Å². The Hall–Kier alpha value is -2.45. The summed E-state index contributed by atoms with van der Waals surface area (Å²) >= 11 is 3.66. The fraction of sp³-hybridized carbons (Fsp3) is 0.278. The number of nitrogens with zero attached hydrogens (tertiary/aromatic N) is 3. The monoisotopic (exact) mass is 416 g/mol. The van der Waals surface area contributed by atoms with E-state index < -0.39 is 4.92 Å². The molecule has 134 valence electrons. The minimum Gasteiger partial charge on any atom is -0.399 e. The molecular weight excluding hydrogens is 400 g/mol. The number of hydrogen-bond donors (Lipinski definition) is 1. The van der Waals surface area contributed by atoms with Gasteiger partial charge in [0.15, 0.2) is 5.76 Å². The maximum atomic E-state index is 10.9. The van der Waals surface area contributed by atoms with E-state index in [1.54, 1.807) is 6.07 Å². The number of nitrogens with one attached hydrogen (secondary N) is 1. The van der Waals surface area contributed by atoms with Crippen LogP contribution in [-0.2, 0) is 0 Å². The number of aliphatic imine (C=N–C) groups is 1. The normalized spacial score (nSPS) is 22.0. The van der Waals surface area contributed by atoms with Gasteiger partial charge in [0.05, 0.1) is 16.6 Å². The van der Waals surface area contributed by atoms with E-state index in [0.717, 1.165) is 23.4 Å². The van der Waals surface area contributed by atoms with Crippen LogP contribution in [0.5, 0.6) is 0 Å². The number of alkyl halides is 1. The molecular formula is C18H17BrN4O3. The highest BCUT2D eigenvalue weighted by Crippen LogP contribution is 2.34. The summed E-state index contributed by atoms with van der Waals surface area (Å²) < 4.78 is 5.37. The summed E-state index contributed by atoms with van der Waals surface area (Å²) in [4.78, 5) is 15.2. The molecule has 7 nitrogen and oxygen atoms in total. The van der Waals surface area contributed by atoms with Crippen molar-refractivity contribution in [1.82, 2.24) is 10.4 Å². The Kier molecular flexibility index (Phi) is 4.16. The molecule has 2 aromatic rings. The summed E-state index contributed by atoms with van der Waals surface area (Å²) in [7, 11) is 0. The van der Waals surface area contributed by atoms with Gasteiger partial charge in [0.1, 0.15) is 16.8 Å². The number of hydrogen-bond acceptors (Lipinski definition) is 6. The Morgan fingerprint density at radius 3 is 2.85 bits per heavy atom. The first-order chi connectivity index (χ1) is 12.4. The molecule has 26 heavy (non-hydrogen) atoms. The van der Waals surface area contributed by atoms with Crippen LogP contribution in [-0.4, -0.2) is 33.2 Å². The third-order valence-corrected chi connectivity index (χ3v) is 5.33. The fourth-order valence-corrected chi connectivity index (χ4v) is 3.80. The van der Waals surface area contributed by atoms with Gasteiger partial charge in [-0.2, -0.15) is 0 Å². The van der Waals surface area contributed by atoms with Gasteiger partial charge in [0.2, 0.25) is 0 Å². The van der Waals surface area contributed by atoms with Crippen molar-refractivity contribution in [2.45, 2.75) is 24.8 Å². The predicted molar refractivity (Wildman–Crippen MR) is 102 cm³/mol. The highest BCUT2D eigenvalue weighted by molar-refractivity contribution is 9.09. The van der Waals surface area contributed by atoms with Crippen molar-refractivity contribution in [3.63, 3.8) is 0 Å². The lowest BCUT2D eigenvalue weighted by Gasteiger charge is -2.31. The summed E-state index contributed by atoms with van der Waals surface area (Å²) in [6, 6.07) is 9.24. The van der Waals surface area contributed by atoms with Crippen LogP contribution in [0.3, 0.4) is 0 Å². The van der Waals surface area contributed by atoms with Crippen molar-refractivity contribution in [2.24, 2.45) is 4.99 Å². The first-order valence-corrected chi connectivity index (χ1v) is 9.14. The molecule has 0 saturated carbocycles. The summed E-state index contributed by atoms with van der Waals surface area (Å²) in [5.74, 6) is 0.108. The SMILES string of the molecule is Cc1ccc(C2=CC(c3ccc([N+](=O)[O-])o3)=NC3C(Br)CNN23)c(C)c1. The summed E-state index contributed by atoms with van der Waals surface area (Å²) in [6.07, 6.45) is 1.75. The molecule has 1 saturated heterocycles. The standard InChI is InChI=1S/C18H17BrN4O3/c1-10-3-4-12(11(2)7-10)15-8-14(16-5-6-17(26-16)23(24)25)21-18-13(19)9-20-22(15)18/h3-8,13,18,20H,9H2,1-2H3. The van der Waals surface area contributed by atoms with Crippen LogP contribution in [0.2, 0.25) is 0 Å². The molecule has 2 aliphatic heterocycles. The summed E-state index contributed by atoms with van der Waals surface area (Å²) in [6.45, 7) is 4.87. The Labute approximate surface area is 158 Å². The molecule has 2 unspecified atom stereocenters. The number of fused-ring (bicyclic) bond motifs is 1. The second-order valence-corrected chi connectivity index (χ2v) is 7.60. The molecule has 2 atom stereocenters. The van der Waals surface area contributed by atoms with Gasteiger partial charge < -0.3 is 4.42 Å². The van der Waals surface area contributed by atoms with Gasteiger partial charge in [-0.25, -0.2) is 5.43 Å². The molecule has 0 spiro atoms. The molecule has 0 amide bonds. The van der Waals surface area contributed by atoms with Crippen molar-refractivity contribution in [3.05, 3.63) is 69.0 Å². The van der Waals surface area contributed by atoms with Crippen LogP contribution in [0.25, 0.3) is 5.70 Å². The van der Waals surface area contributed by atoms with E-state index in [1.807, 2.05) is 11.1 Å². The quantitative estimate of drug-likeness (QED) is 0.469. The van der Waals surface area contributed by atoms with Crippen molar-refractivity contribution in [2.75, 3.05) is 6.54 Å². The lowest BCUT2D eigenvalue weighted by Crippen LogP contribution is -2.39. The van der Waals surface area contributed by atoms with E-state index in [0.29, 0.717) is 11.5 Å². The minimum atomic E-state index is -0.543. The molecule has 3 heterocycles. The lowest BCUT2D eigenvalue weighted by atomic mass is 10.00. The zero-order valence-corrected chi connectivity index (χ0v) is 15.9. The molecule has 0 bridgehead atoms. The Morgan fingerprint density at radius 1 is 1.35 bits per heavy atom. The summed E-state index contributed by atoms with van der Waals surface area (Å²) in [5, 5.41) is 13.0. The number of furan rings is 1. The molecule has 8 heteroatoms. The number of hydrazine groups is 1. The second-order valence-electron chi connectivity index (χ2n) is 6.42. The van der Waals surface area contributed by atoms with Gasteiger partial charge in [-0.3, -0.25) is 20.1 Å². The summed E-state index contributed by atoms with van der Waals surface area (Å²) in [5.41, 5.74) is 8.37. The number of benzene rings is 1. The number of halogens is 1. The molecule has 4 rings (SSSR count). The smallest absolute Gasteiger partial charge is 0.399 e. The first-order valence-electron chi connectivity index (χ1n) is 8.22. The highest BCUT2D eigenvalue weighted by Gasteiger charge is 2.37. The minimum absolute atomic E-state index is 0.122. The van der Waals surface area contributed by atoms with Crippen molar-refractivity contribution < 1.29 is 9.34 Å². The third-order valence-electron chi connectivity index (χ3n) is 4.53. The molecule has 0 radical (unpaired) electrons. The number of allylic oxidation sites excluding steroid dienone is 1. The van der Waals surface area contributed by atoms with E-state index in [1.165, 1.54) is 11.6 Å². The van der Waals surface area contributed by atoms with Gasteiger partial charge in [0, 0.05) is 12.1 Å². The lowest BCUT2D eigenvalue weighted by molar-refractivity contribution is -0.402. The van der Waals surface area contributed by atoms with E-state index in [4.69, 9.17) is 9.41 Å². The van der Waals surface area contributed by atoms with Gasteiger partial charge >= 0.3 is 5.88 Å². The molecule has 0 aliphatic carbocycles. The van der Waals surface area contributed by atoms with Crippen LogP contribution in [0, 0.1) is 24.0 Å². The zero-order chi connectivity index (χ0) is 18.4. The number of aryl methyl sites for hydroxylation is 2. The highest BCUT2D eigenvalue weighted by atomic mass is 79.9. The maximum absolute atomic E-state index is 10.9. The second kappa shape index (κ2) is 6.37. The number of rotatable bonds is 3. The largest absolute Gasteiger partial charge is 0.433 e. The number of nitro groups is 1. The van der Waals surface area contributed by atoms with E-state index in [2.05, 4.69) is 53.4 Å². The Balaban J connectivity index is 1.82. The van der Waals surface area contributed by atoms with E-state index in [9.17, 15) is 10.1 Å². The van der Waals surface area contributed by atoms with Gasteiger partial charge in [0.25, 0.3) is 0 Å². The third kappa shape index (κ3) is 2.85. The van der Waals surface area contributed by atoms with E-state index in [-0.39, 0.29) is 16.9 Å². The van der Waals surface area contributed by atoms with Crippen molar-refractivity contribution >= 4 is 33.2 Å². The van der Waals surface area contributed by atoms with Gasteiger partial charge in [-0.1, -0.05) is 39.7 Å². The van der Waals surface area contributed by atoms with E-state index >= 15 is 0 Å². The maximum Gasteiger partial charge on any atom is 0.433 e. The van der Waals surface area contributed by atoms with Gasteiger partial charge in [-0.15, -0.1) is 0 Å². The molecule has 1 aromatic heterocycles. The van der Waals surface area contributed by atoms with Gasteiger partial charge in [-0.05, 0) is 31.6 Å².